The number of H-pyrrole nitrogens is 1. The Kier molecular flexibility index (Phi) is 7.99. The topological polar surface area (TPSA) is 90.4 Å². The number of amidine groups is 1. The van der Waals surface area contributed by atoms with Gasteiger partial charge in [0, 0.05) is 23.2 Å². The van der Waals surface area contributed by atoms with Gasteiger partial charge in [-0.25, -0.2) is 9.78 Å². The van der Waals surface area contributed by atoms with Gasteiger partial charge in [-0.15, -0.1) is 0 Å². The van der Waals surface area contributed by atoms with E-state index in [4.69, 9.17) is 16.6 Å². The van der Waals surface area contributed by atoms with E-state index >= 15 is 0 Å². The Bertz CT molecular complexity index is 1680. The van der Waals surface area contributed by atoms with Gasteiger partial charge in [-0.05, 0) is 78.1 Å². The molecule has 202 valence electrons. The lowest BCUT2D eigenvalue weighted by Crippen LogP contribution is -2.30. The molecule has 0 radical (unpaired) electrons. The highest BCUT2D eigenvalue weighted by atomic mass is 35.5. The third-order valence-corrected chi connectivity index (χ3v) is 7.32. The van der Waals surface area contributed by atoms with Crippen LogP contribution in [0.15, 0.2) is 89.9 Å². The summed E-state index contributed by atoms with van der Waals surface area (Å²) in [4.78, 5) is 25.3. The fourth-order valence-corrected chi connectivity index (χ4v) is 5.29. The lowest BCUT2D eigenvalue weighted by Gasteiger charge is -2.23. The SMILES string of the molecule is CCC[C@@H](N/C(=N/C)c1cc(C(=O)O)c(-c2cc(Cl)ccc2-c2nc3ccccc3[nH]2)cc1C)c1ccccc1. The minimum Gasteiger partial charge on any atom is -0.478 e. The maximum absolute atomic E-state index is 12.7. The molecular formula is C33H31ClN4O2. The van der Waals surface area contributed by atoms with Crippen molar-refractivity contribution in [2.24, 2.45) is 4.99 Å². The second kappa shape index (κ2) is 11.8. The summed E-state index contributed by atoms with van der Waals surface area (Å²) in [5.41, 5.74) is 6.72. The second-order valence-corrected chi connectivity index (χ2v) is 10.2. The lowest BCUT2D eigenvalue weighted by atomic mass is 9.90. The third kappa shape index (κ3) is 5.49. The summed E-state index contributed by atoms with van der Waals surface area (Å²) in [7, 11) is 1.72. The molecule has 4 aromatic carbocycles. The van der Waals surface area contributed by atoms with Crippen LogP contribution in [0.4, 0.5) is 0 Å². The number of imidazole rings is 1. The lowest BCUT2D eigenvalue weighted by molar-refractivity contribution is 0.0697. The highest BCUT2D eigenvalue weighted by Gasteiger charge is 2.22. The van der Waals surface area contributed by atoms with Crippen LogP contribution in [-0.2, 0) is 0 Å². The molecule has 0 saturated carbocycles. The second-order valence-electron chi connectivity index (χ2n) is 9.78. The van der Waals surface area contributed by atoms with Crippen molar-refractivity contribution < 1.29 is 9.90 Å². The van der Waals surface area contributed by atoms with Gasteiger partial charge in [0.2, 0.25) is 0 Å². The van der Waals surface area contributed by atoms with Crippen molar-refractivity contribution in [2.75, 3.05) is 7.05 Å². The number of para-hydroxylation sites is 2. The zero-order valence-corrected chi connectivity index (χ0v) is 23.5. The van der Waals surface area contributed by atoms with Gasteiger partial charge < -0.3 is 15.4 Å². The molecule has 1 heterocycles. The number of benzene rings is 4. The van der Waals surface area contributed by atoms with E-state index in [2.05, 4.69) is 34.3 Å². The van der Waals surface area contributed by atoms with Gasteiger partial charge in [0.05, 0.1) is 22.6 Å². The number of hydrogen-bond donors (Lipinski definition) is 3. The van der Waals surface area contributed by atoms with Crippen LogP contribution in [0.25, 0.3) is 33.5 Å². The average molecular weight is 551 g/mol. The maximum atomic E-state index is 12.7. The molecule has 6 nitrogen and oxygen atoms in total. The number of rotatable bonds is 8. The fourth-order valence-electron chi connectivity index (χ4n) is 5.11. The fraction of sp³-hybridized carbons (Fsp3) is 0.182. The number of carbonyl (C=O) groups is 1. The molecule has 1 aromatic heterocycles. The van der Waals surface area contributed by atoms with Crippen molar-refractivity contribution in [1.82, 2.24) is 15.3 Å². The van der Waals surface area contributed by atoms with Crippen molar-refractivity contribution in [3.63, 3.8) is 0 Å². The summed E-state index contributed by atoms with van der Waals surface area (Å²) in [6, 6.07) is 27.1. The average Bonchev–Trinajstić information content (AvgIpc) is 3.40. The number of fused-ring (bicyclic) bond motifs is 1. The third-order valence-electron chi connectivity index (χ3n) is 7.08. The summed E-state index contributed by atoms with van der Waals surface area (Å²) in [5, 5.41) is 14.5. The molecule has 0 aliphatic heterocycles. The van der Waals surface area contributed by atoms with E-state index in [1.165, 1.54) is 0 Å². The molecule has 0 fully saturated rings. The number of halogens is 1. The summed E-state index contributed by atoms with van der Waals surface area (Å²) in [6.07, 6.45) is 1.90. The van der Waals surface area contributed by atoms with Crippen molar-refractivity contribution in [2.45, 2.75) is 32.7 Å². The Balaban J connectivity index is 1.61. The molecule has 5 rings (SSSR count). The summed E-state index contributed by atoms with van der Waals surface area (Å²) in [6.45, 7) is 4.12. The first kappa shape index (κ1) is 27.2. The first-order chi connectivity index (χ1) is 19.4. The standard InChI is InChI=1S/C33H31ClN4O2/c1-4-10-28(21-11-6-5-7-12-21)36-31(35-3)24-19-27(33(39)40)25(17-20(24)2)26-18-22(34)15-16-23(26)32-37-29-13-8-9-14-30(29)38-32/h5-9,11-19,28H,4,10H2,1-3H3,(H,35,36)(H,37,38)(H,39,40)/t28-/m1/s1. The highest BCUT2D eigenvalue weighted by molar-refractivity contribution is 6.31. The zero-order chi connectivity index (χ0) is 28.2. The van der Waals surface area contributed by atoms with E-state index in [0.717, 1.165) is 46.1 Å². The summed E-state index contributed by atoms with van der Waals surface area (Å²) < 4.78 is 0. The van der Waals surface area contributed by atoms with Gasteiger partial charge in [0.15, 0.2) is 0 Å². The van der Waals surface area contributed by atoms with Crippen molar-refractivity contribution in [1.29, 1.82) is 0 Å². The number of aliphatic imine (C=N–C) groups is 1. The molecule has 7 heteroatoms. The van der Waals surface area contributed by atoms with Crippen LogP contribution in [0.5, 0.6) is 0 Å². The van der Waals surface area contributed by atoms with Crippen molar-refractivity contribution in [3.05, 3.63) is 112 Å². The summed E-state index contributed by atoms with van der Waals surface area (Å²) >= 11 is 6.45. The highest BCUT2D eigenvalue weighted by Crippen LogP contribution is 2.37. The molecule has 0 amide bonds. The van der Waals surface area contributed by atoms with Crippen molar-refractivity contribution >= 4 is 34.4 Å². The van der Waals surface area contributed by atoms with Crippen LogP contribution in [-0.4, -0.2) is 33.9 Å². The molecule has 1 atom stereocenters. The number of aromatic nitrogens is 2. The van der Waals surface area contributed by atoms with E-state index in [1.54, 1.807) is 25.2 Å². The van der Waals surface area contributed by atoms with Crippen LogP contribution in [0.1, 0.15) is 52.9 Å². The molecule has 0 saturated heterocycles. The monoisotopic (exact) mass is 550 g/mol. The Morgan fingerprint density at radius 1 is 0.975 bits per heavy atom. The first-order valence-corrected chi connectivity index (χ1v) is 13.7. The molecule has 40 heavy (non-hydrogen) atoms. The summed E-state index contributed by atoms with van der Waals surface area (Å²) in [5.74, 6) is 0.265. The van der Waals surface area contributed by atoms with Crippen LogP contribution in [0, 0.1) is 6.92 Å². The predicted molar refractivity (Wildman–Crippen MR) is 163 cm³/mol. The molecule has 5 aromatic rings. The van der Waals surface area contributed by atoms with Crippen LogP contribution < -0.4 is 5.32 Å². The van der Waals surface area contributed by atoms with Crippen LogP contribution >= 0.6 is 11.6 Å². The van der Waals surface area contributed by atoms with E-state index in [1.807, 2.05) is 61.5 Å². The number of nitrogens with zero attached hydrogens (tertiary/aromatic N) is 2. The number of hydrogen-bond acceptors (Lipinski definition) is 3. The first-order valence-electron chi connectivity index (χ1n) is 13.3. The smallest absolute Gasteiger partial charge is 0.336 e. The van der Waals surface area contributed by atoms with Crippen LogP contribution in [0.2, 0.25) is 5.02 Å². The number of carboxylic acids is 1. The number of carboxylic acid groups (broad SMARTS) is 1. The minimum absolute atomic E-state index is 0.0462. The van der Waals surface area contributed by atoms with E-state index in [-0.39, 0.29) is 11.6 Å². The number of aromatic amines is 1. The van der Waals surface area contributed by atoms with Gasteiger partial charge in [0.25, 0.3) is 0 Å². The van der Waals surface area contributed by atoms with E-state index < -0.39 is 5.97 Å². The van der Waals surface area contributed by atoms with Crippen molar-refractivity contribution in [3.8, 4) is 22.5 Å². The predicted octanol–water partition coefficient (Wildman–Crippen LogP) is 8.06. The Morgan fingerprint density at radius 2 is 1.73 bits per heavy atom. The number of nitrogens with one attached hydrogen (secondary N) is 2. The molecule has 0 aliphatic rings. The van der Waals surface area contributed by atoms with Gasteiger partial charge in [-0.1, -0.05) is 67.4 Å². The molecule has 3 N–H and O–H groups in total. The Labute approximate surface area is 238 Å². The van der Waals surface area contributed by atoms with Gasteiger partial charge in [0.1, 0.15) is 11.7 Å². The molecule has 0 bridgehead atoms. The van der Waals surface area contributed by atoms with Gasteiger partial charge >= 0.3 is 5.97 Å². The van der Waals surface area contributed by atoms with Gasteiger partial charge in [-0.2, -0.15) is 0 Å². The number of aromatic carboxylic acids is 1. The van der Waals surface area contributed by atoms with E-state index in [9.17, 15) is 9.90 Å². The van der Waals surface area contributed by atoms with Gasteiger partial charge in [-0.3, -0.25) is 4.99 Å². The maximum Gasteiger partial charge on any atom is 0.336 e. The number of aryl methyl sites for hydroxylation is 1. The van der Waals surface area contributed by atoms with E-state index in [0.29, 0.717) is 27.8 Å². The quantitative estimate of drug-likeness (QED) is 0.135. The molecule has 0 aliphatic carbocycles. The van der Waals surface area contributed by atoms with Crippen LogP contribution in [0.3, 0.4) is 0 Å². The normalized spacial score (nSPS) is 12.4. The molecule has 0 unspecified atom stereocenters. The Hall–Kier alpha value is -4.42. The largest absolute Gasteiger partial charge is 0.478 e. The minimum atomic E-state index is -1.03. The molecule has 0 spiro atoms. The Morgan fingerprint density at radius 3 is 2.42 bits per heavy atom. The zero-order valence-electron chi connectivity index (χ0n) is 22.7. The molecular weight excluding hydrogens is 520 g/mol.